The van der Waals surface area contributed by atoms with Gasteiger partial charge in [-0.25, -0.2) is 4.98 Å². The average Bonchev–Trinajstić information content (AvgIpc) is 3.13. The highest BCUT2D eigenvalue weighted by molar-refractivity contribution is 5.76. The standard InChI is InChI=1S/C17H22N4O2/c18-12-14-3-5-16(19-13-14)20-7-9-21(10-8-20)17(22)6-4-15-2-1-11-23-15/h3,5,13,15H,1-2,4,6-11H2/t15-/m0/s1. The zero-order chi connectivity index (χ0) is 16.1. The van der Waals surface area contributed by atoms with E-state index in [0.29, 0.717) is 12.0 Å². The third-order valence-electron chi connectivity index (χ3n) is 4.54. The van der Waals surface area contributed by atoms with Crippen LogP contribution in [0.5, 0.6) is 0 Å². The fourth-order valence-corrected chi connectivity index (χ4v) is 3.14. The largest absolute Gasteiger partial charge is 0.378 e. The number of carbonyl (C=O) groups excluding carboxylic acids is 1. The van der Waals surface area contributed by atoms with E-state index in [9.17, 15) is 4.79 Å². The molecule has 2 aliphatic heterocycles. The van der Waals surface area contributed by atoms with Gasteiger partial charge in [0.2, 0.25) is 5.91 Å². The van der Waals surface area contributed by atoms with Gasteiger partial charge in [-0.05, 0) is 31.4 Å². The van der Waals surface area contributed by atoms with Crippen molar-refractivity contribution in [2.24, 2.45) is 0 Å². The van der Waals surface area contributed by atoms with Crippen LogP contribution in [-0.4, -0.2) is 54.7 Å². The lowest BCUT2D eigenvalue weighted by Gasteiger charge is -2.35. The molecule has 0 unspecified atom stereocenters. The lowest BCUT2D eigenvalue weighted by atomic mass is 10.1. The Bertz CT molecular complexity index is 567. The number of hydrogen-bond acceptors (Lipinski definition) is 5. The van der Waals surface area contributed by atoms with Crippen molar-refractivity contribution < 1.29 is 9.53 Å². The van der Waals surface area contributed by atoms with Crippen LogP contribution in [0.25, 0.3) is 0 Å². The molecule has 3 heterocycles. The minimum absolute atomic E-state index is 0.230. The van der Waals surface area contributed by atoms with Gasteiger partial charge in [-0.15, -0.1) is 0 Å². The Morgan fingerprint density at radius 3 is 2.78 bits per heavy atom. The molecule has 122 valence electrons. The molecule has 1 atom stereocenters. The number of rotatable bonds is 4. The van der Waals surface area contributed by atoms with Crippen LogP contribution in [0.4, 0.5) is 5.82 Å². The Kier molecular flexibility index (Phi) is 5.09. The van der Waals surface area contributed by atoms with Gasteiger partial charge in [-0.3, -0.25) is 4.79 Å². The van der Waals surface area contributed by atoms with Crippen molar-refractivity contribution in [3.8, 4) is 6.07 Å². The van der Waals surface area contributed by atoms with Crippen molar-refractivity contribution in [1.29, 1.82) is 5.26 Å². The second-order valence-electron chi connectivity index (χ2n) is 6.06. The van der Waals surface area contributed by atoms with Gasteiger partial charge >= 0.3 is 0 Å². The minimum atomic E-state index is 0.230. The lowest BCUT2D eigenvalue weighted by Crippen LogP contribution is -2.49. The summed E-state index contributed by atoms with van der Waals surface area (Å²) in [6, 6.07) is 5.72. The highest BCUT2D eigenvalue weighted by Crippen LogP contribution is 2.18. The van der Waals surface area contributed by atoms with Gasteiger partial charge in [0.25, 0.3) is 0 Å². The minimum Gasteiger partial charge on any atom is -0.378 e. The molecule has 1 aromatic rings. The summed E-state index contributed by atoms with van der Waals surface area (Å²) in [5.74, 6) is 1.10. The van der Waals surface area contributed by atoms with Crippen LogP contribution >= 0.6 is 0 Å². The molecule has 6 heteroatoms. The van der Waals surface area contributed by atoms with Crippen molar-refractivity contribution in [2.45, 2.75) is 31.8 Å². The van der Waals surface area contributed by atoms with Crippen molar-refractivity contribution in [3.63, 3.8) is 0 Å². The number of pyridine rings is 1. The first-order valence-corrected chi connectivity index (χ1v) is 8.27. The van der Waals surface area contributed by atoms with Crippen LogP contribution in [-0.2, 0) is 9.53 Å². The van der Waals surface area contributed by atoms with E-state index in [1.807, 2.05) is 11.0 Å². The maximum absolute atomic E-state index is 12.3. The fourth-order valence-electron chi connectivity index (χ4n) is 3.14. The first-order valence-electron chi connectivity index (χ1n) is 8.27. The number of ether oxygens (including phenoxy) is 1. The Labute approximate surface area is 136 Å². The molecule has 0 N–H and O–H groups in total. The van der Waals surface area contributed by atoms with E-state index in [-0.39, 0.29) is 12.0 Å². The number of nitrogens with zero attached hydrogens (tertiary/aromatic N) is 4. The van der Waals surface area contributed by atoms with E-state index >= 15 is 0 Å². The summed E-state index contributed by atoms with van der Waals surface area (Å²) in [6.07, 6.45) is 5.51. The Morgan fingerprint density at radius 1 is 1.35 bits per heavy atom. The number of hydrogen-bond donors (Lipinski definition) is 0. The number of piperazine rings is 1. The van der Waals surface area contributed by atoms with E-state index in [2.05, 4.69) is 16.0 Å². The molecular formula is C17H22N4O2. The summed E-state index contributed by atoms with van der Waals surface area (Å²) in [7, 11) is 0. The van der Waals surface area contributed by atoms with Crippen LogP contribution < -0.4 is 4.90 Å². The molecule has 2 saturated heterocycles. The zero-order valence-corrected chi connectivity index (χ0v) is 13.3. The summed E-state index contributed by atoms with van der Waals surface area (Å²) in [4.78, 5) is 20.7. The van der Waals surface area contributed by atoms with Gasteiger partial charge in [0.05, 0.1) is 11.7 Å². The fraction of sp³-hybridized carbons (Fsp3) is 0.588. The number of aromatic nitrogens is 1. The molecule has 1 amide bonds. The van der Waals surface area contributed by atoms with E-state index < -0.39 is 0 Å². The maximum Gasteiger partial charge on any atom is 0.222 e. The molecule has 3 rings (SSSR count). The molecule has 1 aromatic heterocycles. The maximum atomic E-state index is 12.3. The SMILES string of the molecule is N#Cc1ccc(N2CCN(C(=O)CC[C@@H]3CCCO3)CC2)nc1. The number of amides is 1. The zero-order valence-electron chi connectivity index (χ0n) is 13.3. The van der Waals surface area contributed by atoms with Gasteiger partial charge in [0, 0.05) is 45.4 Å². The van der Waals surface area contributed by atoms with E-state index in [1.165, 1.54) is 0 Å². The molecule has 0 bridgehead atoms. The van der Waals surface area contributed by atoms with Gasteiger partial charge in [0.15, 0.2) is 0 Å². The van der Waals surface area contributed by atoms with Gasteiger partial charge < -0.3 is 14.5 Å². The van der Waals surface area contributed by atoms with Crippen LogP contribution in [0.1, 0.15) is 31.2 Å². The smallest absolute Gasteiger partial charge is 0.222 e. The second kappa shape index (κ2) is 7.42. The normalized spacial score (nSPS) is 21.3. The van der Waals surface area contributed by atoms with Crippen molar-refractivity contribution in [3.05, 3.63) is 23.9 Å². The number of anilines is 1. The quantitative estimate of drug-likeness (QED) is 0.843. The van der Waals surface area contributed by atoms with Gasteiger partial charge in [-0.2, -0.15) is 5.26 Å². The van der Waals surface area contributed by atoms with E-state index in [1.54, 1.807) is 12.3 Å². The Balaban J connectivity index is 1.45. The van der Waals surface area contributed by atoms with E-state index in [4.69, 9.17) is 10.00 Å². The highest BCUT2D eigenvalue weighted by Gasteiger charge is 2.23. The summed E-state index contributed by atoms with van der Waals surface area (Å²) in [5, 5.41) is 8.81. The third kappa shape index (κ3) is 3.99. The van der Waals surface area contributed by atoms with Gasteiger partial charge in [-0.1, -0.05) is 0 Å². The topological polar surface area (TPSA) is 69.5 Å². The van der Waals surface area contributed by atoms with Crippen LogP contribution in [0.15, 0.2) is 18.3 Å². The van der Waals surface area contributed by atoms with Crippen molar-refractivity contribution in [2.75, 3.05) is 37.7 Å². The third-order valence-corrected chi connectivity index (χ3v) is 4.54. The monoisotopic (exact) mass is 314 g/mol. The number of nitriles is 1. The molecule has 0 spiro atoms. The van der Waals surface area contributed by atoms with Crippen LogP contribution in [0.3, 0.4) is 0 Å². The molecule has 0 saturated carbocycles. The predicted molar refractivity (Wildman–Crippen MR) is 86.0 cm³/mol. The predicted octanol–water partition coefficient (Wildman–Crippen LogP) is 1.56. The first kappa shape index (κ1) is 15.8. The second-order valence-corrected chi connectivity index (χ2v) is 6.06. The first-order chi connectivity index (χ1) is 11.3. The van der Waals surface area contributed by atoms with Gasteiger partial charge in [0.1, 0.15) is 11.9 Å². The Morgan fingerprint density at radius 2 is 2.17 bits per heavy atom. The molecule has 0 aromatic carbocycles. The molecule has 6 nitrogen and oxygen atoms in total. The highest BCUT2D eigenvalue weighted by atomic mass is 16.5. The molecule has 0 aliphatic carbocycles. The van der Waals surface area contributed by atoms with Crippen molar-refractivity contribution >= 4 is 11.7 Å². The van der Waals surface area contributed by atoms with E-state index in [0.717, 1.165) is 57.9 Å². The summed E-state index contributed by atoms with van der Waals surface area (Å²) in [5.41, 5.74) is 0.566. The van der Waals surface area contributed by atoms with Crippen LogP contribution in [0, 0.1) is 11.3 Å². The Hall–Kier alpha value is -2.13. The number of carbonyl (C=O) groups is 1. The summed E-state index contributed by atoms with van der Waals surface area (Å²) in [6.45, 7) is 3.86. The van der Waals surface area contributed by atoms with Crippen LogP contribution in [0.2, 0.25) is 0 Å². The average molecular weight is 314 g/mol. The molecule has 23 heavy (non-hydrogen) atoms. The summed E-state index contributed by atoms with van der Waals surface area (Å²) >= 11 is 0. The van der Waals surface area contributed by atoms with Crippen molar-refractivity contribution in [1.82, 2.24) is 9.88 Å². The molecule has 2 fully saturated rings. The molecule has 0 radical (unpaired) electrons. The molecule has 2 aliphatic rings. The molecular weight excluding hydrogens is 292 g/mol. The lowest BCUT2D eigenvalue weighted by molar-refractivity contribution is -0.132. The summed E-state index contributed by atoms with van der Waals surface area (Å²) < 4.78 is 5.57.